The van der Waals surface area contributed by atoms with Gasteiger partial charge in [-0.25, -0.2) is 0 Å². The number of benzene rings is 3. The van der Waals surface area contributed by atoms with E-state index in [2.05, 4.69) is 0 Å². The lowest BCUT2D eigenvalue weighted by Gasteiger charge is -2.16. The molecule has 8 heteroatoms. The van der Waals surface area contributed by atoms with Crippen molar-refractivity contribution in [2.45, 2.75) is 13.1 Å². The van der Waals surface area contributed by atoms with Crippen molar-refractivity contribution in [3.8, 4) is 11.5 Å². The molecule has 1 aromatic heterocycles. The Kier molecular flexibility index (Phi) is 6.33. The van der Waals surface area contributed by atoms with Gasteiger partial charge in [0.25, 0.3) is 0 Å². The molecule has 0 aliphatic rings. The Balaban J connectivity index is 1.86. The molecule has 0 amide bonds. The second-order valence-corrected chi connectivity index (χ2v) is 7.83. The van der Waals surface area contributed by atoms with Crippen LogP contribution in [-0.2, 0) is 13.1 Å². The van der Waals surface area contributed by atoms with Crippen LogP contribution in [0.4, 0.5) is 0 Å². The second-order valence-electron chi connectivity index (χ2n) is 7.39. The van der Waals surface area contributed by atoms with Gasteiger partial charge in [0.05, 0.1) is 43.9 Å². The maximum atomic E-state index is 13.2. The van der Waals surface area contributed by atoms with Crippen LogP contribution >= 0.6 is 11.6 Å². The van der Waals surface area contributed by atoms with Crippen LogP contribution in [0.2, 0.25) is 5.02 Å². The normalized spacial score (nSPS) is 10.9. The molecule has 1 heterocycles. The van der Waals surface area contributed by atoms with Gasteiger partial charge in [0.15, 0.2) is 5.78 Å². The molecule has 4 aromatic rings. The van der Waals surface area contributed by atoms with Gasteiger partial charge in [0, 0.05) is 5.02 Å². The summed E-state index contributed by atoms with van der Waals surface area (Å²) in [5, 5.41) is 0.381. The highest BCUT2D eigenvalue weighted by Gasteiger charge is 2.19. The van der Waals surface area contributed by atoms with Crippen molar-refractivity contribution in [1.29, 1.82) is 0 Å². The molecule has 0 aliphatic heterocycles. The number of Topliss-reactive ketones (excluding diaryl/α,β-unsaturated/α-hetero) is 1. The zero-order chi connectivity index (χ0) is 23.5. The number of halogens is 1. The maximum absolute atomic E-state index is 13.2. The smallest absolute Gasteiger partial charge is 0.317 e. The predicted octanol–water partition coefficient (Wildman–Crippen LogP) is 3.77. The summed E-state index contributed by atoms with van der Waals surface area (Å²) in [5.74, 6) is 0.403. The molecule has 4 rings (SSSR count). The van der Waals surface area contributed by atoms with Crippen LogP contribution in [0.3, 0.4) is 0 Å². The van der Waals surface area contributed by atoms with Crippen molar-refractivity contribution in [1.82, 2.24) is 9.13 Å². The number of nitrogens with zero attached hydrogens (tertiary/aromatic N) is 2. The van der Waals surface area contributed by atoms with Crippen molar-refractivity contribution in [2.75, 3.05) is 14.2 Å². The van der Waals surface area contributed by atoms with Gasteiger partial charge < -0.3 is 9.47 Å². The minimum atomic E-state index is -0.809. The predicted molar refractivity (Wildman–Crippen MR) is 127 cm³/mol. The molecule has 3 aromatic carbocycles. The molecule has 0 N–H and O–H groups in total. The molecule has 33 heavy (non-hydrogen) atoms. The highest BCUT2D eigenvalue weighted by Crippen LogP contribution is 2.25. The van der Waals surface area contributed by atoms with E-state index in [0.717, 1.165) is 10.1 Å². The Labute approximate surface area is 194 Å². The number of ether oxygens (including phenoxy) is 2. The Bertz CT molecular complexity index is 1460. The highest BCUT2D eigenvalue weighted by atomic mass is 35.5. The average molecular weight is 465 g/mol. The molecular weight excluding hydrogens is 444 g/mol. The number of carbonyl (C=O) groups excluding carboxylic acids is 1. The number of methoxy groups -OCH3 is 2. The topological polar surface area (TPSA) is 79.5 Å². The zero-order valence-corrected chi connectivity index (χ0v) is 18.8. The van der Waals surface area contributed by atoms with Crippen LogP contribution in [-0.4, -0.2) is 29.1 Å². The van der Waals surface area contributed by atoms with Crippen molar-refractivity contribution in [3.05, 3.63) is 104 Å². The van der Waals surface area contributed by atoms with Gasteiger partial charge in [-0.1, -0.05) is 41.9 Å². The molecule has 0 atom stereocenters. The SMILES string of the molecule is COc1ccc(OC)c(C(=O)Cn2c(=O)c(=O)n(Cc3ccccc3)c3ccc(Cl)cc32)c1. The minimum Gasteiger partial charge on any atom is -0.497 e. The number of carbonyl (C=O) groups is 1. The number of aromatic nitrogens is 2. The van der Waals surface area contributed by atoms with Crippen LogP contribution < -0.4 is 20.6 Å². The lowest BCUT2D eigenvalue weighted by atomic mass is 10.1. The van der Waals surface area contributed by atoms with E-state index in [-0.39, 0.29) is 18.7 Å². The summed E-state index contributed by atoms with van der Waals surface area (Å²) in [6, 6.07) is 19.1. The summed E-state index contributed by atoms with van der Waals surface area (Å²) < 4.78 is 13.1. The third kappa shape index (κ3) is 4.40. The van der Waals surface area contributed by atoms with Crippen molar-refractivity contribution >= 4 is 28.4 Å². The quantitative estimate of drug-likeness (QED) is 0.307. The molecule has 0 saturated heterocycles. The fourth-order valence-electron chi connectivity index (χ4n) is 3.73. The molecule has 0 unspecified atom stereocenters. The van der Waals surface area contributed by atoms with Crippen LogP contribution in [0.15, 0.2) is 76.3 Å². The fourth-order valence-corrected chi connectivity index (χ4v) is 3.90. The van der Waals surface area contributed by atoms with E-state index in [4.69, 9.17) is 21.1 Å². The Morgan fingerprint density at radius 3 is 2.27 bits per heavy atom. The van der Waals surface area contributed by atoms with Crippen LogP contribution in [0.1, 0.15) is 15.9 Å². The van der Waals surface area contributed by atoms with Gasteiger partial charge in [-0.05, 0) is 42.0 Å². The van der Waals surface area contributed by atoms with Gasteiger partial charge in [-0.2, -0.15) is 0 Å². The van der Waals surface area contributed by atoms with Crippen LogP contribution in [0.25, 0.3) is 11.0 Å². The summed E-state index contributed by atoms with van der Waals surface area (Å²) >= 11 is 6.21. The molecule has 0 radical (unpaired) electrons. The number of rotatable bonds is 7. The van der Waals surface area contributed by atoms with E-state index in [9.17, 15) is 14.4 Å². The van der Waals surface area contributed by atoms with Crippen molar-refractivity contribution in [2.24, 2.45) is 0 Å². The van der Waals surface area contributed by atoms with Crippen LogP contribution in [0, 0.1) is 0 Å². The van der Waals surface area contributed by atoms with E-state index in [1.54, 1.807) is 30.3 Å². The molecule has 0 aliphatic carbocycles. The zero-order valence-electron chi connectivity index (χ0n) is 18.1. The Hall–Kier alpha value is -3.84. The van der Waals surface area contributed by atoms with Crippen molar-refractivity contribution < 1.29 is 14.3 Å². The molecule has 0 bridgehead atoms. The van der Waals surface area contributed by atoms with Gasteiger partial charge in [0.1, 0.15) is 11.5 Å². The van der Waals surface area contributed by atoms with Gasteiger partial charge in [-0.3, -0.25) is 23.5 Å². The van der Waals surface area contributed by atoms with Gasteiger partial charge >= 0.3 is 11.1 Å². The lowest BCUT2D eigenvalue weighted by molar-refractivity contribution is 0.0968. The molecule has 0 spiro atoms. The van der Waals surface area contributed by atoms with Gasteiger partial charge in [-0.15, -0.1) is 0 Å². The fraction of sp³-hybridized carbons (Fsp3) is 0.160. The number of fused-ring (bicyclic) bond motifs is 1. The van der Waals surface area contributed by atoms with E-state index in [1.807, 2.05) is 30.3 Å². The summed E-state index contributed by atoms with van der Waals surface area (Å²) in [6.07, 6.45) is 0. The number of hydrogen-bond acceptors (Lipinski definition) is 5. The minimum absolute atomic E-state index is 0.214. The molecular formula is C25H21ClN2O5. The first kappa shape index (κ1) is 22.4. The molecule has 7 nitrogen and oxygen atoms in total. The second kappa shape index (κ2) is 9.34. The third-order valence-corrected chi connectivity index (χ3v) is 5.62. The summed E-state index contributed by atoms with van der Waals surface area (Å²) in [4.78, 5) is 39.4. The molecule has 168 valence electrons. The summed E-state index contributed by atoms with van der Waals surface area (Å²) in [7, 11) is 2.94. The largest absolute Gasteiger partial charge is 0.497 e. The van der Waals surface area contributed by atoms with E-state index in [1.165, 1.54) is 24.9 Å². The summed E-state index contributed by atoms with van der Waals surface area (Å²) in [6.45, 7) is -0.147. The number of hydrogen-bond donors (Lipinski definition) is 0. The monoisotopic (exact) mass is 464 g/mol. The first-order valence-electron chi connectivity index (χ1n) is 10.1. The maximum Gasteiger partial charge on any atom is 0.317 e. The first-order valence-corrected chi connectivity index (χ1v) is 10.5. The van der Waals surface area contributed by atoms with E-state index >= 15 is 0 Å². The van der Waals surface area contributed by atoms with Crippen molar-refractivity contribution in [3.63, 3.8) is 0 Å². The number of ketones is 1. The molecule has 0 saturated carbocycles. The van der Waals surface area contributed by atoms with Crippen LogP contribution in [0.5, 0.6) is 11.5 Å². The average Bonchev–Trinajstić information content (AvgIpc) is 2.84. The third-order valence-electron chi connectivity index (χ3n) is 5.38. The molecule has 0 fully saturated rings. The first-order chi connectivity index (χ1) is 15.9. The Morgan fingerprint density at radius 2 is 1.58 bits per heavy atom. The highest BCUT2D eigenvalue weighted by molar-refractivity contribution is 6.31. The van der Waals surface area contributed by atoms with E-state index < -0.39 is 16.9 Å². The summed E-state index contributed by atoms with van der Waals surface area (Å²) in [5.41, 5.74) is 0.462. The Morgan fingerprint density at radius 1 is 0.848 bits per heavy atom. The van der Waals surface area contributed by atoms with E-state index in [0.29, 0.717) is 27.6 Å². The van der Waals surface area contributed by atoms with Gasteiger partial charge in [0.2, 0.25) is 0 Å². The lowest BCUT2D eigenvalue weighted by Crippen LogP contribution is -2.42. The standard InChI is InChI=1S/C25H21ClN2O5/c1-32-18-9-11-23(33-2)19(13-18)22(29)15-28-21-12-17(26)8-10-20(21)27(24(30)25(28)31)14-16-6-4-3-5-7-16/h3-13H,14-15H2,1-2H3.